The number of nitrogens with zero attached hydrogens (tertiary/aromatic N) is 2. The lowest BCUT2D eigenvalue weighted by atomic mass is 9.99. The van der Waals surface area contributed by atoms with Crippen LogP contribution in [0.5, 0.6) is 0 Å². The fourth-order valence-corrected chi connectivity index (χ4v) is 3.01. The second kappa shape index (κ2) is 8.20. The van der Waals surface area contributed by atoms with E-state index in [0.29, 0.717) is 37.6 Å². The van der Waals surface area contributed by atoms with Gasteiger partial charge in [0.1, 0.15) is 5.82 Å². The number of ether oxygens (including phenoxy) is 1. The summed E-state index contributed by atoms with van der Waals surface area (Å²) in [7, 11) is 0. The van der Waals surface area contributed by atoms with Crippen LogP contribution in [-0.4, -0.2) is 28.8 Å². The highest BCUT2D eigenvalue weighted by atomic mass is 19.1. The summed E-state index contributed by atoms with van der Waals surface area (Å²) in [6.45, 7) is 2.45. The van der Waals surface area contributed by atoms with Gasteiger partial charge in [-0.05, 0) is 43.9 Å². The van der Waals surface area contributed by atoms with Crippen molar-refractivity contribution in [3.8, 4) is 0 Å². The topological polar surface area (TPSA) is 77.2 Å². The lowest BCUT2D eigenvalue weighted by Crippen LogP contribution is -2.36. The van der Waals surface area contributed by atoms with E-state index < -0.39 is 0 Å². The summed E-state index contributed by atoms with van der Waals surface area (Å²) in [5, 5.41) is 6.76. The lowest BCUT2D eigenvalue weighted by Gasteiger charge is -2.24. The molecule has 2 atom stereocenters. The number of hydrogen-bond acceptors (Lipinski definition) is 5. The Morgan fingerprint density at radius 2 is 2.20 bits per heavy atom. The van der Waals surface area contributed by atoms with E-state index >= 15 is 0 Å². The first-order chi connectivity index (χ1) is 12.1. The molecule has 1 aromatic heterocycles. The van der Waals surface area contributed by atoms with Gasteiger partial charge in [0.2, 0.25) is 11.8 Å². The molecule has 134 valence electrons. The van der Waals surface area contributed by atoms with Gasteiger partial charge in [-0.3, -0.25) is 4.79 Å². The average Bonchev–Trinajstić information content (AvgIpc) is 3.25. The molecule has 1 aliphatic rings. The molecule has 25 heavy (non-hydrogen) atoms. The van der Waals surface area contributed by atoms with Crippen LogP contribution in [0.25, 0.3) is 0 Å². The van der Waals surface area contributed by atoms with Gasteiger partial charge in [0, 0.05) is 19.4 Å². The van der Waals surface area contributed by atoms with E-state index in [1.165, 1.54) is 12.1 Å². The maximum Gasteiger partial charge on any atom is 0.226 e. The smallest absolute Gasteiger partial charge is 0.226 e. The number of aromatic nitrogens is 2. The molecule has 0 saturated carbocycles. The van der Waals surface area contributed by atoms with Gasteiger partial charge in [-0.2, -0.15) is 4.98 Å². The number of amides is 1. The summed E-state index contributed by atoms with van der Waals surface area (Å²) in [5.41, 5.74) is 0.856. The fraction of sp³-hybridized carbons (Fsp3) is 0.500. The van der Waals surface area contributed by atoms with E-state index in [1.807, 2.05) is 0 Å². The van der Waals surface area contributed by atoms with E-state index in [1.54, 1.807) is 19.1 Å². The van der Waals surface area contributed by atoms with Crippen LogP contribution >= 0.6 is 0 Å². The zero-order valence-corrected chi connectivity index (χ0v) is 14.2. The second-order valence-electron chi connectivity index (χ2n) is 6.24. The van der Waals surface area contributed by atoms with Crippen molar-refractivity contribution >= 4 is 5.91 Å². The molecule has 0 radical (unpaired) electrons. The predicted molar refractivity (Wildman–Crippen MR) is 88.2 cm³/mol. The summed E-state index contributed by atoms with van der Waals surface area (Å²) >= 11 is 0. The van der Waals surface area contributed by atoms with Crippen molar-refractivity contribution in [2.75, 3.05) is 6.61 Å². The van der Waals surface area contributed by atoms with Crippen LogP contribution in [0.15, 0.2) is 28.8 Å². The van der Waals surface area contributed by atoms with Gasteiger partial charge in [0.15, 0.2) is 5.82 Å². The van der Waals surface area contributed by atoms with Crippen molar-refractivity contribution in [3.05, 3.63) is 47.4 Å². The number of rotatable bonds is 7. The highest BCUT2D eigenvalue weighted by Gasteiger charge is 2.28. The van der Waals surface area contributed by atoms with E-state index in [9.17, 15) is 9.18 Å². The molecule has 0 bridgehead atoms. The molecule has 1 saturated heterocycles. The normalized spacial score (nSPS) is 18.2. The molecule has 7 heteroatoms. The van der Waals surface area contributed by atoms with Gasteiger partial charge in [-0.1, -0.05) is 17.3 Å². The van der Waals surface area contributed by atoms with E-state index in [2.05, 4.69) is 15.5 Å². The molecule has 1 amide bonds. The fourth-order valence-electron chi connectivity index (χ4n) is 3.01. The number of carbonyl (C=O) groups excluding carboxylic acids is 1. The minimum Gasteiger partial charge on any atom is -0.376 e. The van der Waals surface area contributed by atoms with E-state index in [0.717, 1.165) is 18.4 Å². The van der Waals surface area contributed by atoms with Gasteiger partial charge >= 0.3 is 0 Å². The highest BCUT2D eigenvalue weighted by molar-refractivity contribution is 5.76. The Morgan fingerprint density at radius 1 is 1.40 bits per heavy atom. The van der Waals surface area contributed by atoms with Gasteiger partial charge in [-0.25, -0.2) is 4.39 Å². The van der Waals surface area contributed by atoms with Crippen molar-refractivity contribution in [1.82, 2.24) is 15.5 Å². The minimum absolute atomic E-state index is 0.0685. The Bertz CT molecular complexity index is 696. The van der Waals surface area contributed by atoms with Crippen molar-refractivity contribution in [1.29, 1.82) is 0 Å². The predicted octanol–water partition coefficient (Wildman–Crippen LogP) is 2.88. The van der Waals surface area contributed by atoms with Crippen molar-refractivity contribution in [3.63, 3.8) is 0 Å². The third kappa shape index (κ3) is 4.85. The molecule has 6 nitrogen and oxygen atoms in total. The summed E-state index contributed by atoms with van der Waals surface area (Å²) in [6.07, 6.45) is 3.31. The zero-order valence-electron chi connectivity index (χ0n) is 14.2. The van der Waals surface area contributed by atoms with Crippen LogP contribution in [-0.2, 0) is 16.0 Å². The number of carbonyl (C=O) groups is 1. The van der Waals surface area contributed by atoms with Crippen LogP contribution in [0.2, 0.25) is 0 Å². The Kier molecular flexibility index (Phi) is 5.75. The molecule has 0 aliphatic carbocycles. The first kappa shape index (κ1) is 17.5. The van der Waals surface area contributed by atoms with Gasteiger partial charge in [-0.15, -0.1) is 0 Å². The first-order valence-electron chi connectivity index (χ1n) is 8.57. The Morgan fingerprint density at radius 3 is 2.84 bits per heavy atom. The van der Waals surface area contributed by atoms with E-state index in [4.69, 9.17) is 9.26 Å². The van der Waals surface area contributed by atoms with Gasteiger partial charge < -0.3 is 14.6 Å². The Hall–Kier alpha value is -2.28. The molecule has 2 unspecified atom stereocenters. The summed E-state index contributed by atoms with van der Waals surface area (Å²) in [4.78, 5) is 16.5. The molecule has 0 spiro atoms. The number of halogens is 1. The van der Waals surface area contributed by atoms with E-state index in [-0.39, 0.29) is 23.9 Å². The van der Waals surface area contributed by atoms with Crippen LogP contribution in [0, 0.1) is 12.7 Å². The molecule has 3 rings (SSSR count). The molecule has 1 aromatic carbocycles. The van der Waals surface area contributed by atoms with Gasteiger partial charge in [0.25, 0.3) is 0 Å². The number of aryl methyl sites for hydroxylation is 2. The third-order valence-corrected chi connectivity index (χ3v) is 4.25. The molecule has 1 N–H and O–H groups in total. The molecule has 2 heterocycles. The average molecular weight is 347 g/mol. The highest BCUT2D eigenvalue weighted by Crippen LogP contribution is 2.27. The molecule has 1 aliphatic heterocycles. The SMILES string of the molecule is Cc1noc(CCCC(=O)NC(c2ccc(F)cc2)C2CCCO2)n1. The number of nitrogens with one attached hydrogen (secondary N) is 1. The quantitative estimate of drug-likeness (QED) is 0.833. The second-order valence-corrected chi connectivity index (χ2v) is 6.24. The summed E-state index contributed by atoms with van der Waals surface area (Å²) < 4.78 is 24.0. The monoisotopic (exact) mass is 347 g/mol. The maximum atomic E-state index is 13.2. The molecular formula is C18H22FN3O3. The first-order valence-corrected chi connectivity index (χ1v) is 8.57. The third-order valence-electron chi connectivity index (χ3n) is 4.25. The van der Waals surface area contributed by atoms with Crippen molar-refractivity contribution in [2.45, 2.75) is 51.2 Å². The minimum atomic E-state index is -0.295. The molecule has 1 fully saturated rings. The molecule has 2 aromatic rings. The molecular weight excluding hydrogens is 325 g/mol. The number of benzene rings is 1. The van der Waals surface area contributed by atoms with Crippen molar-refractivity contribution in [2.24, 2.45) is 0 Å². The standard InChI is InChI=1S/C18H22FN3O3/c1-12-20-17(25-22-12)6-2-5-16(23)21-18(15-4-3-11-24-15)13-7-9-14(19)10-8-13/h7-10,15,18H,2-6,11H2,1H3,(H,21,23). The summed E-state index contributed by atoms with van der Waals surface area (Å²) in [6, 6.07) is 5.94. The van der Waals surface area contributed by atoms with Crippen molar-refractivity contribution < 1.29 is 18.4 Å². The number of hydrogen-bond donors (Lipinski definition) is 1. The zero-order chi connectivity index (χ0) is 17.6. The van der Waals surface area contributed by atoms with Crippen LogP contribution in [0.4, 0.5) is 4.39 Å². The maximum absolute atomic E-state index is 13.2. The largest absolute Gasteiger partial charge is 0.376 e. The Balaban J connectivity index is 1.57. The van der Waals surface area contributed by atoms with Gasteiger partial charge in [0.05, 0.1) is 12.1 Å². The lowest BCUT2D eigenvalue weighted by molar-refractivity contribution is -0.122. The van der Waals surface area contributed by atoms with Crippen LogP contribution in [0.3, 0.4) is 0 Å². The van der Waals surface area contributed by atoms with Crippen LogP contribution < -0.4 is 5.32 Å². The summed E-state index contributed by atoms with van der Waals surface area (Å²) in [5.74, 6) is 0.769. The van der Waals surface area contributed by atoms with Crippen LogP contribution in [0.1, 0.15) is 49.0 Å². The Labute approximate surface area is 145 Å².